The highest BCUT2D eigenvalue weighted by molar-refractivity contribution is 7.26. The maximum Gasteiger partial charge on any atom is 0.0634 e. The van der Waals surface area contributed by atoms with Gasteiger partial charge in [-0.25, -0.2) is 0 Å². The fraction of sp³-hybridized carbons (Fsp3) is 0. The fourth-order valence-corrected chi connectivity index (χ4v) is 6.26. The second-order valence-corrected chi connectivity index (χ2v) is 9.23. The minimum Gasteiger partial charge on any atom is -0.309 e. The molecule has 7 aromatic rings. The van der Waals surface area contributed by atoms with E-state index in [1.54, 1.807) is 0 Å². The third-order valence-corrected chi connectivity index (χ3v) is 7.58. The number of benzene rings is 5. The number of aromatic nitrogens is 1. The lowest BCUT2D eigenvalue weighted by atomic mass is 9.99. The van der Waals surface area contributed by atoms with Crippen LogP contribution in [-0.4, -0.2) is 4.57 Å². The number of hydrogen-bond donors (Lipinski definition) is 0. The minimum atomic E-state index is 1.20. The number of thiophene rings is 1. The summed E-state index contributed by atoms with van der Waals surface area (Å²) in [5.41, 5.74) is 6.32. The summed E-state index contributed by atoms with van der Waals surface area (Å²) in [7, 11) is 0. The zero-order valence-electron chi connectivity index (χ0n) is 17.3. The fourth-order valence-electron chi connectivity index (χ4n) is 5.01. The minimum absolute atomic E-state index is 1.20. The lowest BCUT2D eigenvalue weighted by molar-refractivity contribution is 1.19. The summed E-state index contributed by atoms with van der Waals surface area (Å²) in [6.07, 6.45) is 0. The lowest BCUT2D eigenvalue weighted by Crippen LogP contribution is -1.93. The van der Waals surface area contributed by atoms with Crippen LogP contribution in [0.2, 0.25) is 0 Å². The molecule has 0 saturated heterocycles. The van der Waals surface area contributed by atoms with Crippen molar-refractivity contribution >= 4 is 53.3 Å². The molecule has 0 atom stereocenters. The second kappa shape index (κ2) is 6.81. The van der Waals surface area contributed by atoms with Crippen LogP contribution in [0, 0.1) is 0 Å². The zero-order valence-corrected chi connectivity index (χ0v) is 18.1. The first-order valence-electron chi connectivity index (χ1n) is 10.9. The Balaban J connectivity index is 1.79. The molecule has 5 aromatic carbocycles. The number of nitrogens with zero attached hydrogens (tertiary/aromatic N) is 1. The van der Waals surface area contributed by atoms with E-state index in [4.69, 9.17) is 0 Å². The van der Waals surface area contributed by atoms with Crippen LogP contribution in [0.4, 0.5) is 0 Å². The Labute approximate surface area is 189 Å². The van der Waals surface area contributed by atoms with Crippen molar-refractivity contribution in [3.8, 4) is 16.8 Å². The summed E-state index contributed by atoms with van der Waals surface area (Å²) in [5, 5.41) is 5.28. The molecule has 0 bridgehead atoms. The Bertz CT molecular complexity index is 1760. The molecule has 2 heteroatoms. The van der Waals surface area contributed by atoms with Crippen molar-refractivity contribution in [3.05, 3.63) is 115 Å². The van der Waals surface area contributed by atoms with E-state index in [-0.39, 0.29) is 0 Å². The van der Waals surface area contributed by atoms with Crippen LogP contribution in [0.5, 0.6) is 0 Å². The molecule has 0 amide bonds. The van der Waals surface area contributed by atoms with Gasteiger partial charge in [0.05, 0.1) is 11.0 Å². The average molecular weight is 426 g/mol. The highest BCUT2D eigenvalue weighted by Crippen LogP contribution is 2.47. The summed E-state index contributed by atoms with van der Waals surface area (Å²) < 4.78 is 5.13. The van der Waals surface area contributed by atoms with Crippen LogP contribution >= 0.6 is 11.3 Å². The van der Waals surface area contributed by atoms with Crippen LogP contribution in [0.25, 0.3) is 58.8 Å². The van der Waals surface area contributed by atoms with Crippen molar-refractivity contribution in [2.24, 2.45) is 0 Å². The molecular formula is C30H19NS. The number of rotatable bonds is 2. The zero-order chi connectivity index (χ0) is 21.1. The molecule has 0 saturated carbocycles. The molecular weight excluding hydrogens is 406 g/mol. The van der Waals surface area contributed by atoms with Gasteiger partial charge in [0.15, 0.2) is 0 Å². The molecule has 0 unspecified atom stereocenters. The Morgan fingerprint density at radius 2 is 1.22 bits per heavy atom. The average Bonchev–Trinajstić information content (AvgIpc) is 3.40. The van der Waals surface area contributed by atoms with E-state index < -0.39 is 0 Å². The van der Waals surface area contributed by atoms with Gasteiger partial charge in [0, 0.05) is 42.2 Å². The Hall–Kier alpha value is -3.88. The number of fused-ring (bicyclic) bond motifs is 7. The van der Waals surface area contributed by atoms with Gasteiger partial charge < -0.3 is 4.57 Å². The largest absolute Gasteiger partial charge is 0.309 e. The Morgan fingerprint density at radius 3 is 2.03 bits per heavy atom. The first-order valence-corrected chi connectivity index (χ1v) is 11.7. The van der Waals surface area contributed by atoms with E-state index in [9.17, 15) is 0 Å². The SMILES string of the molecule is c1ccc(-c2cc3c4ccccc4n(-c4ccccc4)c3c3c2sc2ccccc23)cc1. The molecule has 0 aliphatic heterocycles. The maximum absolute atomic E-state index is 2.45. The van der Waals surface area contributed by atoms with Gasteiger partial charge in [0.2, 0.25) is 0 Å². The van der Waals surface area contributed by atoms with Crippen molar-refractivity contribution < 1.29 is 0 Å². The number of para-hydroxylation sites is 2. The molecule has 150 valence electrons. The lowest BCUT2D eigenvalue weighted by Gasteiger charge is -2.11. The summed E-state index contributed by atoms with van der Waals surface area (Å²) in [5.74, 6) is 0. The normalized spacial score (nSPS) is 11.8. The first-order chi connectivity index (χ1) is 15.9. The van der Waals surface area contributed by atoms with E-state index in [1.165, 1.54) is 58.8 Å². The van der Waals surface area contributed by atoms with Crippen molar-refractivity contribution in [2.75, 3.05) is 0 Å². The molecule has 0 aliphatic carbocycles. The highest BCUT2D eigenvalue weighted by Gasteiger charge is 2.20. The standard InChI is InChI=1S/C30H19NS/c1-3-11-20(12-4-1)24-19-25-22-15-7-9-17-26(22)31(21-13-5-2-6-14-21)29(25)28-23-16-8-10-18-27(23)32-30(24)28/h1-19H. The van der Waals surface area contributed by atoms with Crippen LogP contribution in [0.15, 0.2) is 115 Å². The molecule has 2 heterocycles. The van der Waals surface area contributed by atoms with E-state index in [0.717, 1.165) is 0 Å². The van der Waals surface area contributed by atoms with Gasteiger partial charge in [-0.15, -0.1) is 11.3 Å². The number of hydrogen-bond acceptors (Lipinski definition) is 1. The first kappa shape index (κ1) is 17.8. The van der Waals surface area contributed by atoms with Crippen LogP contribution in [-0.2, 0) is 0 Å². The van der Waals surface area contributed by atoms with E-state index >= 15 is 0 Å². The van der Waals surface area contributed by atoms with Gasteiger partial charge in [0.1, 0.15) is 0 Å². The maximum atomic E-state index is 2.45. The summed E-state index contributed by atoms with van der Waals surface area (Å²) in [4.78, 5) is 0. The van der Waals surface area contributed by atoms with Gasteiger partial charge in [-0.3, -0.25) is 0 Å². The molecule has 0 spiro atoms. The van der Waals surface area contributed by atoms with Gasteiger partial charge in [0.25, 0.3) is 0 Å². The van der Waals surface area contributed by atoms with E-state index in [2.05, 4.69) is 120 Å². The summed E-state index contributed by atoms with van der Waals surface area (Å²) in [6.45, 7) is 0. The molecule has 2 aromatic heterocycles. The van der Waals surface area contributed by atoms with Gasteiger partial charge >= 0.3 is 0 Å². The monoisotopic (exact) mass is 425 g/mol. The van der Waals surface area contributed by atoms with Crippen molar-refractivity contribution in [3.63, 3.8) is 0 Å². The summed E-state index contributed by atoms with van der Waals surface area (Å²) in [6, 6.07) is 41.5. The molecule has 0 N–H and O–H groups in total. The molecule has 32 heavy (non-hydrogen) atoms. The van der Waals surface area contributed by atoms with Gasteiger partial charge in [-0.05, 0) is 35.9 Å². The topological polar surface area (TPSA) is 4.93 Å². The van der Waals surface area contributed by atoms with Crippen molar-refractivity contribution in [1.82, 2.24) is 4.57 Å². The molecule has 7 rings (SSSR count). The third-order valence-electron chi connectivity index (χ3n) is 6.38. The molecule has 0 radical (unpaired) electrons. The molecule has 0 fully saturated rings. The Kier molecular flexibility index (Phi) is 3.78. The predicted octanol–water partition coefficient (Wildman–Crippen LogP) is 8.82. The van der Waals surface area contributed by atoms with E-state index in [0.29, 0.717) is 0 Å². The third kappa shape index (κ3) is 2.44. The second-order valence-electron chi connectivity index (χ2n) is 8.18. The quantitative estimate of drug-likeness (QED) is 0.261. The van der Waals surface area contributed by atoms with Gasteiger partial charge in [-0.2, -0.15) is 0 Å². The smallest absolute Gasteiger partial charge is 0.0634 e. The Morgan fingerprint density at radius 1 is 0.562 bits per heavy atom. The molecule has 0 aliphatic rings. The van der Waals surface area contributed by atoms with E-state index in [1.807, 2.05) is 11.3 Å². The van der Waals surface area contributed by atoms with Crippen molar-refractivity contribution in [1.29, 1.82) is 0 Å². The van der Waals surface area contributed by atoms with Crippen LogP contribution < -0.4 is 0 Å². The van der Waals surface area contributed by atoms with Crippen LogP contribution in [0.3, 0.4) is 0 Å². The van der Waals surface area contributed by atoms with Crippen LogP contribution in [0.1, 0.15) is 0 Å². The predicted molar refractivity (Wildman–Crippen MR) is 139 cm³/mol. The van der Waals surface area contributed by atoms with Crippen molar-refractivity contribution in [2.45, 2.75) is 0 Å². The highest BCUT2D eigenvalue weighted by atomic mass is 32.1. The molecule has 1 nitrogen and oxygen atoms in total. The summed E-state index contributed by atoms with van der Waals surface area (Å²) >= 11 is 1.90. The van der Waals surface area contributed by atoms with Gasteiger partial charge in [-0.1, -0.05) is 84.9 Å².